The Morgan fingerprint density at radius 2 is 2.10 bits per heavy atom. The predicted octanol–water partition coefficient (Wildman–Crippen LogP) is 2.75. The van der Waals surface area contributed by atoms with E-state index in [0.29, 0.717) is 6.54 Å². The highest BCUT2D eigenvalue weighted by Gasteiger charge is 2.42. The molecule has 1 rings (SSSR count). The molecular formula is C13H28N4O2Si. The Labute approximate surface area is 122 Å². The average molecular weight is 300 g/mol. The minimum absolute atomic E-state index is 0.0629. The standard InChI is InChI=1S/C13H28N4O2Si/c1-13(2,3)20(4,5)19-12-10-17(8-9-18)7-6-11(12)15-16-14/h11-12,18H,6-10H2,1-5H3/t11-,12+/m1/s1. The van der Waals surface area contributed by atoms with Crippen LogP contribution in [0.15, 0.2) is 5.11 Å². The smallest absolute Gasteiger partial charge is 0.192 e. The van der Waals surface area contributed by atoms with Crippen molar-refractivity contribution in [2.75, 3.05) is 26.2 Å². The van der Waals surface area contributed by atoms with Gasteiger partial charge in [0.05, 0.1) is 18.8 Å². The van der Waals surface area contributed by atoms with Gasteiger partial charge in [-0.2, -0.15) is 0 Å². The van der Waals surface area contributed by atoms with Crippen molar-refractivity contribution < 1.29 is 9.53 Å². The van der Waals surface area contributed by atoms with Crippen molar-refractivity contribution in [1.82, 2.24) is 4.90 Å². The maximum atomic E-state index is 9.08. The van der Waals surface area contributed by atoms with Gasteiger partial charge in [-0.1, -0.05) is 25.9 Å². The summed E-state index contributed by atoms with van der Waals surface area (Å²) in [6, 6.07) is -0.0935. The van der Waals surface area contributed by atoms with E-state index in [9.17, 15) is 0 Å². The Hall–Kier alpha value is -0.593. The lowest BCUT2D eigenvalue weighted by atomic mass is 10.0. The van der Waals surface area contributed by atoms with E-state index in [4.69, 9.17) is 15.1 Å². The highest BCUT2D eigenvalue weighted by Crippen LogP contribution is 2.38. The number of azide groups is 1. The molecule has 1 N–H and O–H groups in total. The molecule has 116 valence electrons. The minimum Gasteiger partial charge on any atom is -0.412 e. The van der Waals surface area contributed by atoms with E-state index >= 15 is 0 Å². The van der Waals surface area contributed by atoms with Crippen LogP contribution in [-0.2, 0) is 4.43 Å². The quantitative estimate of drug-likeness (QED) is 0.367. The van der Waals surface area contributed by atoms with Crippen LogP contribution >= 0.6 is 0 Å². The maximum absolute atomic E-state index is 9.08. The summed E-state index contributed by atoms with van der Waals surface area (Å²) in [5, 5.41) is 13.1. The molecule has 6 nitrogen and oxygen atoms in total. The van der Waals surface area contributed by atoms with Gasteiger partial charge < -0.3 is 9.53 Å². The van der Waals surface area contributed by atoms with Crippen LogP contribution in [0.5, 0.6) is 0 Å². The number of rotatable bonds is 5. The highest BCUT2D eigenvalue weighted by molar-refractivity contribution is 6.74. The molecule has 0 aromatic carbocycles. The van der Waals surface area contributed by atoms with Gasteiger partial charge in [0.15, 0.2) is 8.32 Å². The van der Waals surface area contributed by atoms with Gasteiger partial charge in [0.1, 0.15) is 0 Å². The van der Waals surface area contributed by atoms with Crippen molar-refractivity contribution in [3.63, 3.8) is 0 Å². The third kappa shape index (κ3) is 4.46. The molecule has 20 heavy (non-hydrogen) atoms. The number of nitrogens with zero attached hydrogens (tertiary/aromatic N) is 4. The summed E-state index contributed by atoms with van der Waals surface area (Å²) < 4.78 is 6.44. The van der Waals surface area contributed by atoms with Crippen LogP contribution < -0.4 is 0 Å². The fourth-order valence-corrected chi connectivity index (χ4v) is 3.52. The molecule has 2 atom stereocenters. The van der Waals surface area contributed by atoms with Crippen molar-refractivity contribution in [2.24, 2.45) is 5.11 Å². The normalized spacial score (nSPS) is 25.3. The summed E-state index contributed by atoms with van der Waals surface area (Å²) in [7, 11) is -1.89. The topological polar surface area (TPSA) is 81.5 Å². The predicted molar refractivity (Wildman–Crippen MR) is 83.1 cm³/mol. The molecule has 0 bridgehead atoms. The molecule has 7 heteroatoms. The lowest BCUT2D eigenvalue weighted by Gasteiger charge is -2.44. The average Bonchev–Trinajstić information content (AvgIpc) is 2.31. The van der Waals surface area contributed by atoms with Crippen LogP contribution in [-0.4, -0.2) is 56.7 Å². The summed E-state index contributed by atoms with van der Waals surface area (Å²) in [5.41, 5.74) is 8.72. The van der Waals surface area contributed by atoms with Gasteiger partial charge in [0, 0.05) is 18.0 Å². The van der Waals surface area contributed by atoms with E-state index in [0.717, 1.165) is 19.5 Å². The van der Waals surface area contributed by atoms with E-state index in [-0.39, 0.29) is 23.8 Å². The number of hydrogen-bond acceptors (Lipinski definition) is 4. The van der Waals surface area contributed by atoms with Crippen LogP contribution in [0.25, 0.3) is 10.4 Å². The minimum atomic E-state index is -1.89. The zero-order valence-corrected chi connectivity index (χ0v) is 14.3. The number of β-amino-alcohol motifs (C(OH)–C–C–N with tert-alkyl or cyclic N) is 1. The molecule has 0 spiro atoms. The molecule has 0 amide bonds. The number of aliphatic hydroxyl groups is 1. The first kappa shape index (κ1) is 17.5. The molecule has 0 aliphatic carbocycles. The Bertz CT molecular complexity index is 364. The summed E-state index contributed by atoms with van der Waals surface area (Å²) in [4.78, 5) is 5.15. The summed E-state index contributed by atoms with van der Waals surface area (Å²) in [6.45, 7) is 13.4. The van der Waals surface area contributed by atoms with Gasteiger partial charge in [0.25, 0.3) is 0 Å². The molecule has 1 fully saturated rings. The first-order chi connectivity index (χ1) is 9.21. The highest BCUT2D eigenvalue weighted by atomic mass is 28.4. The van der Waals surface area contributed by atoms with Crippen molar-refractivity contribution in [1.29, 1.82) is 0 Å². The molecule has 0 aromatic rings. The van der Waals surface area contributed by atoms with Gasteiger partial charge in [-0.3, -0.25) is 4.90 Å². The molecular weight excluding hydrogens is 272 g/mol. The zero-order chi connectivity index (χ0) is 15.4. The van der Waals surface area contributed by atoms with Crippen molar-refractivity contribution in [3.8, 4) is 0 Å². The number of hydrogen-bond donors (Lipinski definition) is 1. The zero-order valence-electron chi connectivity index (χ0n) is 13.3. The third-order valence-electron chi connectivity index (χ3n) is 4.48. The van der Waals surface area contributed by atoms with Gasteiger partial charge in [-0.05, 0) is 36.6 Å². The molecule has 0 saturated carbocycles. The van der Waals surface area contributed by atoms with Crippen LogP contribution in [0.4, 0.5) is 0 Å². The van der Waals surface area contributed by atoms with E-state index in [1.165, 1.54) is 0 Å². The van der Waals surface area contributed by atoms with Crippen molar-refractivity contribution >= 4 is 8.32 Å². The third-order valence-corrected chi connectivity index (χ3v) is 8.98. The second-order valence-corrected chi connectivity index (χ2v) is 11.8. The first-order valence-electron chi connectivity index (χ1n) is 7.26. The molecule has 0 aromatic heterocycles. The van der Waals surface area contributed by atoms with Crippen LogP contribution in [0.3, 0.4) is 0 Å². The number of aliphatic hydroxyl groups excluding tert-OH is 1. The van der Waals surface area contributed by atoms with Crippen LogP contribution in [0, 0.1) is 0 Å². The van der Waals surface area contributed by atoms with E-state index in [1.54, 1.807) is 0 Å². The fraction of sp³-hybridized carbons (Fsp3) is 1.00. The Morgan fingerprint density at radius 1 is 1.45 bits per heavy atom. The fourth-order valence-electron chi connectivity index (χ4n) is 2.18. The number of likely N-dealkylation sites (tertiary alicyclic amines) is 1. The summed E-state index contributed by atoms with van der Waals surface area (Å²) in [5.74, 6) is 0. The van der Waals surface area contributed by atoms with Crippen LogP contribution in [0.1, 0.15) is 27.2 Å². The Morgan fingerprint density at radius 3 is 2.60 bits per heavy atom. The molecule has 0 unspecified atom stereocenters. The van der Waals surface area contributed by atoms with E-state index in [2.05, 4.69) is 48.8 Å². The van der Waals surface area contributed by atoms with E-state index in [1.807, 2.05) is 0 Å². The van der Waals surface area contributed by atoms with Gasteiger partial charge in [0.2, 0.25) is 0 Å². The van der Waals surface area contributed by atoms with Gasteiger partial charge >= 0.3 is 0 Å². The van der Waals surface area contributed by atoms with Gasteiger partial charge in [-0.15, -0.1) is 0 Å². The molecule has 0 radical (unpaired) electrons. The largest absolute Gasteiger partial charge is 0.412 e. The van der Waals surface area contributed by atoms with E-state index < -0.39 is 8.32 Å². The second-order valence-electron chi connectivity index (χ2n) is 7.00. The molecule has 1 saturated heterocycles. The second kappa shape index (κ2) is 6.91. The van der Waals surface area contributed by atoms with Crippen LogP contribution in [0.2, 0.25) is 18.1 Å². The maximum Gasteiger partial charge on any atom is 0.192 e. The van der Waals surface area contributed by atoms with Gasteiger partial charge in [-0.25, -0.2) is 0 Å². The lowest BCUT2D eigenvalue weighted by molar-refractivity contribution is 0.0528. The Kier molecular flexibility index (Phi) is 6.03. The molecule has 1 aliphatic heterocycles. The van der Waals surface area contributed by atoms with Crippen molar-refractivity contribution in [3.05, 3.63) is 10.4 Å². The summed E-state index contributed by atoms with van der Waals surface area (Å²) >= 11 is 0. The number of piperidine rings is 1. The monoisotopic (exact) mass is 300 g/mol. The summed E-state index contributed by atoms with van der Waals surface area (Å²) in [6.07, 6.45) is 0.732. The SMILES string of the molecule is CC(C)(C)[Si](C)(C)O[C@H]1CN(CCO)CC[C@H]1N=[N+]=[N-]. The first-order valence-corrected chi connectivity index (χ1v) is 10.2. The lowest BCUT2D eigenvalue weighted by Crippen LogP contribution is -2.54. The molecule has 1 aliphatic rings. The Balaban J connectivity index is 2.81. The van der Waals surface area contributed by atoms with Crippen molar-refractivity contribution in [2.45, 2.75) is 57.5 Å². The molecule has 1 heterocycles.